The van der Waals surface area contributed by atoms with Crippen molar-refractivity contribution < 1.29 is 14.3 Å². The topological polar surface area (TPSA) is 49.8 Å². The van der Waals surface area contributed by atoms with Gasteiger partial charge in [-0.25, -0.2) is 0 Å². The Labute approximate surface area is 154 Å². The van der Waals surface area contributed by atoms with E-state index in [9.17, 15) is 9.90 Å². The predicted octanol–water partition coefficient (Wildman–Crippen LogP) is 4.52. The van der Waals surface area contributed by atoms with Crippen molar-refractivity contribution in [2.45, 2.75) is 78.5 Å². The molecule has 0 aromatic heterocycles. The maximum Gasteiger partial charge on any atom is 0.274 e. The Balaban J connectivity index is 3.29. The van der Waals surface area contributed by atoms with E-state index in [4.69, 9.17) is 4.43 Å². The van der Waals surface area contributed by atoms with Crippen LogP contribution in [0.25, 0.3) is 0 Å². The van der Waals surface area contributed by atoms with Crippen LogP contribution in [0.1, 0.15) is 59.9 Å². The molecule has 1 aromatic rings. The molecule has 1 amide bonds. The predicted molar refractivity (Wildman–Crippen MR) is 107 cm³/mol. The maximum absolute atomic E-state index is 12.8. The van der Waals surface area contributed by atoms with Crippen LogP contribution in [-0.4, -0.2) is 32.2 Å². The molecule has 141 valence electrons. The molecule has 4 nitrogen and oxygen atoms in total. The third kappa shape index (κ3) is 6.48. The molecule has 0 aliphatic rings. The molecule has 1 rings (SSSR count). The molecule has 0 heterocycles. The fourth-order valence-electron chi connectivity index (χ4n) is 2.67. The van der Waals surface area contributed by atoms with Crippen LogP contribution < -0.4 is 9.33 Å². The second kappa shape index (κ2) is 8.36. The number of benzene rings is 1. The van der Waals surface area contributed by atoms with E-state index >= 15 is 0 Å². The number of aliphatic hydroxyl groups is 1. The van der Waals surface area contributed by atoms with E-state index in [-0.39, 0.29) is 11.3 Å². The minimum atomic E-state index is -0.970. The van der Waals surface area contributed by atoms with Crippen molar-refractivity contribution in [1.29, 1.82) is 0 Å². The molecule has 0 aliphatic heterocycles. The second-order valence-corrected chi connectivity index (χ2v) is 10.4. The molecule has 1 aromatic carbocycles. The Bertz CT molecular complexity index is 586. The van der Waals surface area contributed by atoms with E-state index in [0.29, 0.717) is 19.4 Å². The van der Waals surface area contributed by atoms with Gasteiger partial charge in [-0.15, -0.1) is 0 Å². The summed E-state index contributed by atoms with van der Waals surface area (Å²) in [5, 5.41) is 9.92. The van der Waals surface area contributed by atoms with E-state index in [2.05, 4.69) is 39.9 Å². The largest absolute Gasteiger partial charge is 0.541 e. The van der Waals surface area contributed by atoms with E-state index in [1.165, 1.54) is 0 Å². The highest BCUT2D eigenvalue weighted by molar-refractivity contribution is 6.49. The Morgan fingerprint density at radius 3 is 2.24 bits per heavy atom. The molecule has 0 bridgehead atoms. The molecule has 0 fully saturated rings. The number of nitrogens with zero attached hydrogens (tertiary/aromatic N) is 1. The average Bonchev–Trinajstić information content (AvgIpc) is 2.44. The molecule has 0 atom stereocenters. The van der Waals surface area contributed by atoms with E-state index in [1.807, 2.05) is 19.1 Å². The average molecular weight is 365 g/mol. The number of hydrogen-bond donors (Lipinski definition) is 1. The number of hydrogen-bond acceptors (Lipinski definition) is 3. The van der Waals surface area contributed by atoms with Gasteiger partial charge in [0, 0.05) is 18.5 Å². The van der Waals surface area contributed by atoms with Crippen molar-refractivity contribution in [3.63, 3.8) is 0 Å². The lowest BCUT2D eigenvalue weighted by atomic mass is 9.86. The van der Waals surface area contributed by atoms with E-state index in [1.54, 1.807) is 18.7 Å². The zero-order chi connectivity index (χ0) is 19.4. The Morgan fingerprint density at radius 2 is 1.80 bits per heavy atom. The first kappa shape index (κ1) is 21.7. The second-order valence-electron chi connectivity index (χ2n) is 8.36. The zero-order valence-corrected chi connectivity index (χ0v) is 18.1. The summed E-state index contributed by atoms with van der Waals surface area (Å²) in [6.45, 7) is 16.7. The third-order valence-electron chi connectivity index (χ3n) is 3.97. The van der Waals surface area contributed by atoms with Gasteiger partial charge in [-0.1, -0.05) is 32.9 Å². The summed E-state index contributed by atoms with van der Waals surface area (Å²) < 4.78 is 6.24. The highest BCUT2D eigenvalue weighted by Crippen LogP contribution is 2.39. The number of amides is 1. The first-order valence-electron chi connectivity index (χ1n) is 9.01. The quantitative estimate of drug-likeness (QED) is 0.724. The van der Waals surface area contributed by atoms with E-state index in [0.717, 1.165) is 17.0 Å². The Hall–Kier alpha value is -1.33. The zero-order valence-electron chi connectivity index (χ0n) is 17.1. The first-order valence-corrected chi connectivity index (χ1v) is 11.4. The highest BCUT2D eigenvalue weighted by Gasteiger charge is 2.27. The molecule has 5 heteroatoms. The van der Waals surface area contributed by atoms with Gasteiger partial charge in [0.15, 0.2) is 0 Å². The Kier molecular flexibility index (Phi) is 7.26. The van der Waals surface area contributed by atoms with Crippen LogP contribution in [0.3, 0.4) is 0 Å². The molecule has 1 N–H and O–H groups in total. The monoisotopic (exact) mass is 364 g/mol. The molecular formula is C20H34NO3Si. The van der Waals surface area contributed by atoms with Crippen molar-refractivity contribution >= 4 is 20.6 Å². The number of anilines is 1. The lowest BCUT2D eigenvalue weighted by Crippen LogP contribution is -2.33. The van der Waals surface area contributed by atoms with Crippen LogP contribution in [0.15, 0.2) is 18.2 Å². The summed E-state index contributed by atoms with van der Waals surface area (Å²) in [5.74, 6) is 0.842. The van der Waals surface area contributed by atoms with Crippen LogP contribution in [0.4, 0.5) is 5.69 Å². The molecule has 25 heavy (non-hydrogen) atoms. The van der Waals surface area contributed by atoms with Crippen LogP contribution in [0.5, 0.6) is 5.75 Å². The van der Waals surface area contributed by atoms with Crippen molar-refractivity contribution in [2.75, 3.05) is 11.4 Å². The van der Waals surface area contributed by atoms with Crippen molar-refractivity contribution in [1.82, 2.24) is 0 Å². The Morgan fingerprint density at radius 1 is 1.20 bits per heavy atom. The fourth-order valence-corrected chi connectivity index (χ4v) is 3.29. The summed E-state index contributed by atoms with van der Waals surface area (Å²) >= 11 is 0. The summed E-state index contributed by atoms with van der Waals surface area (Å²) in [6, 6.07) is 6.03. The summed E-state index contributed by atoms with van der Waals surface area (Å²) in [6.07, 6.45) is 0.751. The molecule has 0 saturated carbocycles. The van der Waals surface area contributed by atoms with Gasteiger partial charge in [0.05, 0.1) is 11.3 Å². The van der Waals surface area contributed by atoms with Gasteiger partial charge in [0.2, 0.25) is 5.91 Å². The number of carbonyl (C=O) groups is 1. The third-order valence-corrected chi connectivity index (χ3v) is 4.58. The number of para-hydroxylation sites is 1. The van der Waals surface area contributed by atoms with Crippen LogP contribution in [-0.2, 0) is 10.2 Å². The van der Waals surface area contributed by atoms with Gasteiger partial charge in [-0.2, -0.15) is 0 Å². The summed E-state index contributed by atoms with van der Waals surface area (Å²) in [5.41, 5.74) is 1.04. The first-order chi connectivity index (χ1) is 11.4. The SMILES string of the molecule is CCN(C(=O)CCC(C)(C)O)c1cccc(C(C)(C)C)c1O[Si](C)C. The van der Waals surface area contributed by atoms with Gasteiger partial charge in [-0.05, 0) is 51.8 Å². The number of rotatable bonds is 7. The van der Waals surface area contributed by atoms with Crippen molar-refractivity contribution in [2.24, 2.45) is 0 Å². The smallest absolute Gasteiger partial charge is 0.274 e. The van der Waals surface area contributed by atoms with Crippen molar-refractivity contribution in [3.8, 4) is 5.75 Å². The van der Waals surface area contributed by atoms with E-state index < -0.39 is 14.6 Å². The normalized spacial score (nSPS) is 12.4. The highest BCUT2D eigenvalue weighted by atomic mass is 28.3. The summed E-state index contributed by atoms with van der Waals surface area (Å²) in [7, 11) is -0.970. The van der Waals surface area contributed by atoms with Gasteiger partial charge in [0.1, 0.15) is 5.75 Å². The van der Waals surface area contributed by atoms with Gasteiger partial charge < -0.3 is 14.4 Å². The molecule has 0 spiro atoms. The molecular weight excluding hydrogens is 330 g/mol. The molecule has 0 saturated heterocycles. The molecule has 0 aliphatic carbocycles. The molecule has 0 unspecified atom stereocenters. The van der Waals surface area contributed by atoms with Crippen LogP contribution >= 0.6 is 0 Å². The van der Waals surface area contributed by atoms with Crippen molar-refractivity contribution in [3.05, 3.63) is 23.8 Å². The lowest BCUT2D eigenvalue weighted by Gasteiger charge is -2.30. The summed E-state index contributed by atoms with van der Waals surface area (Å²) in [4.78, 5) is 14.6. The maximum atomic E-state index is 12.8. The van der Waals surface area contributed by atoms with Gasteiger partial charge in [0.25, 0.3) is 9.04 Å². The van der Waals surface area contributed by atoms with Gasteiger partial charge in [-0.3, -0.25) is 4.79 Å². The minimum absolute atomic E-state index is 0.0153. The van der Waals surface area contributed by atoms with Crippen LogP contribution in [0, 0.1) is 0 Å². The standard InChI is InChI=1S/C20H34NO3Si/c1-9-21(17(22)13-14-20(5,6)23)16-12-10-11-15(19(2,3)4)18(16)24-25(7)8/h10-12,23H,9,13-14H2,1-8H3. The minimum Gasteiger partial charge on any atom is -0.541 e. The van der Waals surface area contributed by atoms with Gasteiger partial charge >= 0.3 is 0 Å². The molecule has 1 radical (unpaired) electrons. The number of carbonyl (C=O) groups excluding carboxylic acids is 1. The van der Waals surface area contributed by atoms with Crippen LogP contribution in [0.2, 0.25) is 13.1 Å². The fraction of sp³-hybridized carbons (Fsp3) is 0.650. The lowest BCUT2D eigenvalue weighted by molar-refractivity contribution is -0.119.